The minimum Gasteiger partial charge on any atom is -0.449 e. The molecule has 14 heteroatoms. The standard InChI is InChI=1S/C24H12ClF4N3O6/c25-17-10-12(1-7-19(17)38-20-8-2-13(24(27,28)29)11-18(20)32(36)37)9-16-21(33)30-23(35)31(22(16)34)15-5-3-14(26)4-6-15/h1-11H,(H,30,33,35)/b16-9+. The second-order valence-electron chi connectivity index (χ2n) is 7.66. The van der Waals surface area contributed by atoms with Gasteiger partial charge in [-0.15, -0.1) is 0 Å². The number of benzene rings is 3. The van der Waals surface area contributed by atoms with E-state index in [2.05, 4.69) is 0 Å². The fourth-order valence-corrected chi connectivity index (χ4v) is 3.61. The Bertz CT molecular complexity index is 1520. The van der Waals surface area contributed by atoms with Crippen LogP contribution in [-0.2, 0) is 15.8 Å². The molecule has 0 saturated carbocycles. The lowest BCUT2D eigenvalue weighted by Crippen LogP contribution is -2.54. The van der Waals surface area contributed by atoms with Crippen molar-refractivity contribution in [3.8, 4) is 11.5 Å². The van der Waals surface area contributed by atoms with Crippen molar-refractivity contribution < 1.29 is 41.6 Å². The van der Waals surface area contributed by atoms with Crippen LogP contribution in [0.4, 0.5) is 33.7 Å². The van der Waals surface area contributed by atoms with Gasteiger partial charge >= 0.3 is 17.9 Å². The van der Waals surface area contributed by atoms with E-state index in [1.807, 2.05) is 5.32 Å². The van der Waals surface area contributed by atoms with E-state index in [1.165, 1.54) is 30.3 Å². The van der Waals surface area contributed by atoms with Crippen molar-refractivity contribution >= 4 is 46.9 Å². The average molecular weight is 550 g/mol. The summed E-state index contributed by atoms with van der Waals surface area (Å²) in [7, 11) is 0. The minimum atomic E-state index is -4.81. The van der Waals surface area contributed by atoms with Crippen molar-refractivity contribution in [1.29, 1.82) is 0 Å². The van der Waals surface area contributed by atoms with Gasteiger partial charge in [0.2, 0.25) is 5.75 Å². The van der Waals surface area contributed by atoms with E-state index < -0.39 is 57.3 Å². The van der Waals surface area contributed by atoms with Crippen molar-refractivity contribution in [2.24, 2.45) is 0 Å². The summed E-state index contributed by atoms with van der Waals surface area (Å²) in [5.41, 5.74) is -2.47. The largest absolute Gasteiger partial charge is 0.449 e. The highest BCUT2D eigenvalue weighted by Crippen LogP contribution is 2.39. The number of imide groups is 2. The van der Waals surface area contributed by atoms with Gasteiger partial charge in [-0.05, 0) is 60.2 Å². The maximum Gasteiger partial charge on any atom is 0.416 e. The molecule has 0 radical (unpaired) electrons. The molecule has 9 nitrogen and oxygen atoms in total. The van der Waals surface area contributed by atoms with E-state index in [9.17, 15) is 42.1 Å². The summed E-state index contributed by atoms with van der Waals surface area (Å²) in [5, 5.41) is 13.1. The summed E-state index contributed by atoms with van der Waals surface area (Å²) in [6.45, 7) is 0. The number of ether oxygens (including phenoxy) is 1. The predicted octanol–water partition coefficient (Wildman–Crippen LogP) is 5.86. The number of alkyl halides is 3. The number of urea groups is 1. The summed E-state index contributed by atoms with van der Waals surface area (Å²) in [6, 6.07) is 8.80. The van der Waals surface area contributed by atoms with Gasteiger partial charge in [0.15, 0.2) is 0 Å². The molecule has 0 spiro atoms. The Balaban J connectivity index is 1.63. The van der Waals surface area contributed by atoms with Crippen LogP contribution in [0.15, 0.2) is 66.2 Å². The maximum absolute atomic E-state index is 13.2. The molecule has 0 aliphatic carbocycles. The van der Waals surface area contributed by atoms with Crippen LogP contribution in [0.3, 0.4) is 0 Å². The number of carbonyl (C=O) groups is 3. The Kier molecular flexibility index (Phi) is 6.87. The van der Waals surface area contributed by atoms with Gasteiger partial charge in [-0.1, -0.05) is 17.7 Å². The summed E-state index contributed by atoms with van der Waals surface area (Å²) in [5.74, 6) is -3.29. The van der Waals surface area contributed by atoms with Crippen LogP contribution in [-0.4, -0.2) is 22.8 Å². The molecule has 1 saturated heterocycles. The van der Waals surface area contributed by atoms with E-state index in [0.29, 0.717) is 17.0 Å². The number of anilines is 1. The first-order valence-electron chi connectivity index (χ1n) is 10.3. The third-order valence-corrected chi connectivity index (χ3v) is 5.45. The molecule has 0 atom stereocenters. The second kappa shape index (κ2) is 9.94. The summed E-state index contributed by atoms with van der Waals surface area (Å²) >= 11 is 6.18. The Morgan fingerprint density at radius 3 is 2.24 bits per heavy atom. The normalized spacial score (nSPS) is 15.0. The third kappa shape index (κ3) is 5.32. The summed E-state index contributed by atoms with van der Waals surface area (Å²) in [4.78, 5) is 48.3. The van der Waals surface area contributed by atoms with Crippen molar-refractivity contribution in [1.82, 2.24) is 5.32 Å². The Morgan fingerprint density at radius 1 is 0.974 bits per heavy atom. The van der Waals surface area contributed by atoms with Crippen LogP contribution in [0.1, 0.15) is 11.1 Å². The molecule has 38 heavy (non-hydrogen) atoms. The lowest BCUT2D eigenvalue weighted by atomic mass is 10.1. The lowest BCUT2D eigenvalue weighted by molar-refractivity contribution is -0.385. The zero-order valence-corrected chi connectivity index (χ0v) is 19.3. The van der Waals surface area contributed by atoms with Crippen LogP contribution in [0.2, 0.25) is 5.02 Å². The minimum absolute atomic E-state index is 0.00668. The molecule has 1 fully saturated rings. The molecule has 3 aromatic rings. The first-order valence-corrected chi connectivity index (χ1v) is 10.7. The van der Waals surface area contributed by atoms with Crippen molar-refractivity contribution in [3.63, 3.8) is 0 Å². The number of hydrogen-bond acceptors (Lipinski definition) is 6. The number of nitro benzene ring substituents is 1. The highest BCUT2D eigenvalue weighted by atomic mass is 35.5. The van der Waals surface area contributed by atoms with Gasteiger partial charge in [0.05, 0.1) is 21.2 Å². The van der Waals surface area contributed by atoms with Crippen LogP contribution in [0, 0.1) is 15.9 Å². The molecule has 1 heterocycles. The fourth-order valence-electron chi connectivity index (χ4n) is 3.38. The smallest absolute Gasteiger partial charge is 0.416 e. The molecule has 1 aliphatic heterocycles. The molecule has 194 valence electrons. The van der Waals surface area contributed by atoms with Crippen molar-refractivity contribution in [3.05, 3.63) is 98.3 Å². The molecule has 0 unspecified atom stereocenters. The topological polar surface area (TPSA) is 119 Å². The zero-order valence-electron chi connectivity index (χ0n) is 18.6. The SMILES string of the molecule is O=C1NC(=O)N(c2ccc(F)cc2)C(=O)/C1=C/c1ccc(Oc2ccc(C(F)(F)F)cc2[N+](=O)[O-])c(Cl)c1. The predicted molar refractivity (Wildman–Crippen MR) is 125 cm³/mol. The van der Waals surface area contributed by atoms with E-state index >= 15 is 0 Å². The first-order chi connectivity index (χ1) is 17.8. The average Bonchev–Trinajstić information content (AvgIpc) is 2.84. The molecular weight excluding hydrogens is 538 g/mol. The van der Waals surface area contributed by atoms with E-state index in [0.717, 1.165) is 24.3 Å². The van der Waals surface area contributed by atoms with Gasteiger partial charge in [-0.3, -0.25) is 25.0 Å². The van der Waals surface area contributed by atoms with Crippen LogP contribution < -0.4 is 15.0 Å². The van der Waals surface area contributed by atoms with Crippen molar-refractivity contribution in [2.75, 3.05) is 4.90 Å². The van der Waals surface area contributed by atoms with E-state index in [4.69, 9.17) is 16.3 Å². The van der Waals surface area contributed by atoms with Gasteiger partial charge in [0.1, 0.15) is 17.1 Å². The Labute approximate surface area is 215 Å². The molecular formula is C24H12ClF4N3O6. The number of hydrogen-bond donors (Lipinski definition) is 1. The Hall–Kier alpha value is -4.78. The summed E-state index contributed by atoms with van der Waals surface area (Å²) in [6.07, 6.45) is -3.70. The maximum atomic E-state index is 13.2. The lowest BCUT2D eigenvalue weighted by Gasteiger charge is -2.26. The van der Waals surface area contributed by atoms with Crippen LogP contribution in [0.5, 0.6) is 11.5 Å². The van der Waals surface area contributed by atoms with Gasteiger partial charge in [0, 0.05) is 6.07 Å². The Morgan fingerprint density at radius 2 is 1.63 bits per heavy atom. The number of barbiturate groups is 1. The number of halogens is 5. The number of rotatable bonds is 5. The number of amides is 4. The highest BCUT2D eigenvalue weighted by Gasteiger charge is 2.37. The molecule has 0 aromatic heterocycles. The van der Waals surface area contributed by atoms with E-state index in [-0.39, 0.29) is 22.0 Å². The zero-order chi connectivity index (χ0) is 27.8. The molecule has 1 N–H and O–H groups in total. The molecule has 1 aliphatic rings. The fraction of sp³-hybridized carbons (Fsp3) is 0.0417. The third-order valence-electron chi connectivity index (χ3n) is 5.16. The van der Waals surface area contributed by atoms with Crippen molar-refractivity contribution in [2.45, 2.75) is 6.18 Å². The number of nitrogens with one attached hydrogen (secondary N) is 1. The quantitative estimate of drug-likeness (QED) is 0.140. The number of nitrogens with zero attached hydrogens (tertiary/aromatic N) is 2. The first kappa shape index (κ1) is 26.3. The van der Waals surface area contributed by atoms with Gasteiger partial charge in [-0.25, -0.2) is 14.1 Å². The second-order valence-corrected chi connectivity index (χ2v) is 8.07. The molecule has 4 amide bonds. The van der Waals surface area contributed by atoms with Crippen LogP contribution >= 0.6 is 11.6 Å². The molecule has 0 bridgehead atoms. The highest BCUT2D eigenvalue weighted by molar-refractivity contribution is 6.39. The van der Waals surface area contributed by atoms with Crippen LogP contribution in [0.25, 0.3) is 6.08 Å². The van der Waals surface area contributed by atoms with Gasteiger partial charge in [-0.2, -0.15) is 13.2 Å². The van der Waals surface area contributed by atoms with E-state index in [1.54, 1.807) is 0 Å². The molecule has 4 rings (SSSR count). The van der Waals surface area contributed by atoms with Gasteiger partial charge in [0.25, 0.3) is 11.8 Å². The molecule has 3 aromatic carbocycles. The number of nitro groups is 1. The summed E-state index contributed by atoms with van der Waals surface area (Å²) < 4.78 is 57.4. The van der Waals surface area contributed by atoms with Gasteiger partial charge < -0.3 is 4.74 Å². The number of carbonyl (C=O) groups excluding carboxylic acids is 3. The monoisotopic (exact) mass is 549 g/mol.